The number of carbonyl (C=O) groups is 2. The highest BCUT2D eigenvalue weighted by atomic mass is 19.1. The predicted octanol–water partition coefficient (Wildman–Crippen LogP) is 9.71. The van der Waals surface area contributed by atoms with Crippen LogP contribution in [0.25, 0.3) is 33.2 Å². The molecule has 1 amide bonds. The Labute approximate surface area is 367 Å². The average molecular weight is 861 g/mol. The summed E-state index contributed by atoms with van der Waals surface area (Å²) in [5, 5.41) is 14.6. The maximum absolute atomic E-state index is 14.0. The van der Waals surface area contributed by atoms with E-state index >= 15 is 0 Å². The number of ether oxygens (including phenoxy) is 2. The fraction of sp³-hybridized carbons (Fsp3) is 0.360. The molecule has 0 radical (unpaired) electrons. The van der Waals surface area contributed by atoms with Crippen LogP contribution >= 0.6 is 0 Å². The molecule has 332 valence electrons. The van der Waals surface area contributed by atoms with Gasteiger partial charge in [0.2, 0.25) is 0 Å². The molecule has 2 fully saturated rings. The number of carboxylic acid groups (broad SMARTS) is 1. The molecule has 63 heavy (non-hydrogen) atoms. The Morgan fingerprint density at radius 3 is 1.51 bits per heavy atom. The lowest BCUT2D eigenvalue weighted by molar-refractivity contribution is -0.00345. The van der Waals surface area contributed by atoms with Crippen LogP contribution in [0.3, 0.4) is 0 Å². The van der Waals surface area contributed by atoms with Crippen molar-refractivity contribution in [2.24, 2.45) is 15.7 Å². The van der Waals surface area contributed by atoms with Gasteiger partial charge >= 0.3 is 5.97 Å². The van der Waals surface area contributed by atoms with Crippen molar-refractivity contribution >= 4 is 46.1 Å². The molecule has 10 rings (SSSR count). The van der Waals surface area contributed by atoms with Crippen LogP contribution in [0.5, 0.6) is 0 Å². The number of halogens is 2. The molecule has 4 N–H and O–H groups in total. The average Bonchev–Trinajstić information content (AvgIpc) is 3.99. The third kappa shape index (κ3) is 8.82. The summed E-state index contributed by atoms with van der Waals surface area (Å²) in [6.07, 6.45) is 3.69. The number of amides is 1. The van der Waals surface area contributed by atoms with Gasteiger partial charge in [-0.2, -0.15) is 0 Å². The van der Waals surface area contributed by atoms with Gasteiger partial charge in [0.05, 0.1) is 73.8 Å². The number of aryl methyl sites for hydroxylation is 2. The number of hydrogen-bond acceptors (Lipinski definition) is 7. The molecule has 2 saturated heterocycles. The second kappa shape index (κ2) is 18.8. The highest BCUT2D eigenvalue weighted by Crippen LogP contribution is 2.39. The number of nitrogens with two attached hydrogens (primary N) is 1. The van der Waals surface area contributed by atoms with Crippen molar-refractivity contribution in [3.8, 4) is 11.4 Å². The predicted molar refractivity (Wildman–Crippen MR) is 248 cm³/mol. The normalized spacial score (nSPS) is 14.8. The van der Waals surface area contributed by atoms with E-state index < -0.39 is 5.97 Å². The number of carboxylic acids is 1. The molecule has 4 aromatic carbocycles. The van der Waals surface area contributed by atoms with Gasteiger partial charge in [0.15, 0.2) is 0 Å². The molecule has 4 aliphatic rings. The zero-order valence-electron chi connectivity index (χ0n) is 35.2. The van der Waals surface area contributed by atoms with Crippen molar-refractivity contribution in [3.05, 3.63) is 128 Å². The number of aliphatic imine (C=N–C) groups is 2. The number of rotatable bonds is 7. The van der Waals surface area contributed by atoms with Crippen LogP contribution in [-0.4, -0.2) is 77.1 Å². The minimum absolute atomic E-state index is 0. The molecule has 6 aromatic rings. The smallest absolute Gasteiger partial charge is 0.338 e. The fourth-order valence-corrected chi connectivity index (χ4v) is 8.31. The van der Waals surface area contributed by atoms with Crippen LogP contribution in [0, 0.1) is 25.5 Å². The van der Waals surface area contributed by atoms with E-state index in [1.165, 1.54) is 12.1 Å². The minimum Gasteiger partial charge on any atom is -0.478 e. The summed E-state index contributed by atoms with van der Waals surface area (Å²) in [7, 11) is 0. The van der Waals surface area contributed by atoms with E-state index in [0.29, 0.717) is 60.0 Å². The number of benzene rings is 4. The molecule has 0 unspecified atom stereocenters. The van der Waals surface area contributed by atoms with Crippen LogP contribution < -0.4 is 11.1 Å². The zero-order chi connectivity index (χ0) is 43.3. The standard InChI is InChI=1S/C24H24FN3O2.C21H19FN2O2.C3H7NO.2CH4/c1-13(2)23-22(24(29)27-17-11-30-12-17)19-7-15-9-26-10-16(15)8-21(19)28(23)18-4-5-20(25)14(3)6-18;1-11(2)20-19(21(25)26)16-7-13-9-23-10-14(13)8-18(16)24(20)15-4-5-17(22)12(3)6-15;4-3-1-5-2-3;;/h4-8,10,13,17H,9,11-12H2,1-3H3,(H,27,29);4-8,10-11H,9H2,1-3H3,(H,25,26);3H,1-2,4H2;2*1H4. The molecule has 0 spiro atoms. The number of aromatic nitrogens is 2. The number of aromatic carboxylic acids is 1. The molecule has 0 saturated carbocycles. The summed E-state index contributed by atoms with van der Waals surface area (Å²) in [5.74, 6) is -1.48. The number of nitrogens with one attached hydrogen (secondary N) is 1. The Balaban J connectivity index is 0.000000185. The summed E-state index contributed by atoms with van der Waals surface area (Å²) in [6, 6.07) is 18.5. The van der Waals surface area contributed by atoms with Gasteiger partial charge in [0.25, 0.3) is 5.91 Å². The number of hydrogen-bond donors (Lipinski definition) is 3. The SMILES string of the molecule is C.C.Cc1cc(-n2c(C(C)C)c(C(=O)NC3COC3)c3cc4c(cc32)C=NC4)ccc1F.Cc1cc(-n2c(C(C)C)c(C(=O)O)c3cc4c(cc32)C=NC4)ccc1F.NC1COC1. The number of fused-ring (bicyclic) bond motifs is 4. The van der Waals surface area contributed by atoms with Crippen molar-refractivity contribution in [1.29, 1.82) is 0 Å². The van der Waals surface area contributed by atoms with E-state index in [0.717, 1.165) is 74.6 Å². The molecule has 6 heterocycles. The van der Waals surface area contributed by atoms with Crippen molar-refractivity contribution in [2.75, 3.05) is 26.4 Å². The third-order valence-electron chi connectivity index (χ3n) is 11.5. The van der Waals surface area contributed by atoms with Crippen molar-refractivity contribution in [1.82, 2.24) is 14.5 Å². The fourth-order valence-electron chi connectivity index (χ4n) is 8.31. The highest BCUT2D eigenvalue weighted by Gasteiger charge is 2.30. The van der Waals surface area contributed by atoms with Crippen LogP contribution in [0.2, 0.25) is 0 Å². The summed E-state index contributed by atoms with van der Waals surface area (Å²) in [4.78, 5) is 34.2. The Kier molecular flexibility index (Phi) is 13.8. The summed E-state index contributed by atoms with van der Waals surface area (Å²) in [5.41, 5.74) is 16.6. The van der Waals surface area contributed by atoms with E-state index in [4.69, 9.17) is 15.2 Å². The van der Waals surface area contributed by atoms with E-state index in [1.807, 2.05) is 49.0 Å². The monoisotopic (exact) mass is 860 g/mol. The van der Waals surface area contributed by atoms with E-state index in [2.05, 4.69) is 45.8 Å². The molecule has 13 heteroatoms. The lowest BCUT2D eigenvalue weighted by Gasteiger charge is -2.27. The quantitative estimate of drug-likeness (QED) is 0.146. The Hall–Kier alpha value is -6.02. The largest absolute Gasteiger partial charge is 0.478 e. The molecular weight excluding hydrogens is 803 g/mol. The van der Waals surface area contributed by atoms with Crippen LogP contribution in [0.15, 0.2) is 70.6 Å². The van der Waals surface area contributed by atoms with Crippen LogP contribution in [-0.2, 0) is 22.6 Å². The van der Waals surface area contributed by atoms with Crippen molar-refractivity contribution in [2.45, 2.75) is 93.4 Å². The first-order valence-electron chi connectivity index (χ1n) is 20.6. The van der Waals surface area contributed by atoms with Gasteiger partial charge in [-0.3, -0.25) is 14.8 Å². The first-order valence-corrected chi connectivity index (χ1v) is 20.6. The second-order valence-corrected chi connectivity index (χ2v) is 16.8. The van der Waals surface area contributed by atoms with Gasteiger partial charge in [-0.15, -0.1) is 0 Å². The van der Waals surface area contributed by atoms with Gasteiger partial charge in [-0.05, 0) is 120 Å². The van der Waals surface area contributed by atoms with Crippen molar-refractivity contribution in [3.63, 3.8) is 0 Å². The Bertz CT molecular complexity index is 2780. The molecule has 0 aliphatic carbocycles. The lowest BCUT2D eigenvalue weighted by Crippen LogP contribution is -2.48. The van der Waals surface area contributed by atoms with Gasteiger partial charge in [-0.25, -0.2) is 13.6 Å². The zero-order valence-corrected chi connectivity index (χ0v) is 35.2. The molecular formula is C50H58F2N6O5. The van der Waals surface area contributed by atoms with Gasteiger partial charge < -0.3 is 34.8 Å². The van der Waals surface area contributed by atoms with Gasteiger partial charge in [0, 0.05) is 46.0 Å². The maximum Gasteiger partial charge on any atom is 0.338 e. The topological polar surface area (TPSA) is 145 Å². The van der Waals surface area contributed by atoms with Crippen LogP contribution in [0.4, 0.5) is 8.78 Å². The van der Waals surface area contributed by atoms with Crippen molar-refractivity contribution < 1.29 is 33.0 Å². The molecule has 0 atom stereocenters. The lowest BCUT2D eigenvalue weighted by atomic mass is 10.00. The van der Waals surface area contributed by atoms with Gasteiger partial charge in [0.1, 0.15) is 11.6 Å². The van der Waals surface area contributed by atoms with E-state index in [-0.39, 0.29) is 50.3 Å². The molecule has 4 aliphatic heterocycles. The first-order chi connectivity index (χ1) is 29.2. The Morgan fingerprint density at radius 1 is 0.714 bits per heavy atom. The maximum atomic E-state index is 14.0. The first kappa shape index (κ1) is 46.5. The number of nitrogens with zero attached hydrogens (tertiary/aromatic N) is 4. The van der Waals surface area contributed by atoms with Gasteiger partial charge in [-0.1, -0.05) is 42.5 Å². The summed E-state index contributed by atoms with van der Waals surface area (Å²) >= 11 is 0. The summed E-state index contributed by atoms with van der Waals surface area (Å²) in [6.45, 7) is 15.4. The summed E-state index contributed by atoms with van der Waals surface area (Å²) < 4.78 is 41.7. The minimum atomic E-state index is -0.949. The second-order valence-electron chi connectivity index (χ2n) is 16.8. The number of carbonyl (C=O) groups excluding carboxylic acids is 1. The van der Waals surface area contributed by atoms with E-state index in [1.54, 1.807) is 32.0 Å². The molecule has 11 nitrogen and oxygen atoms in total. The highest BCUT2D eigenvalue weighted by molar-refractivity contribution is 6.11. The van der Waals surface area contributed by atoms with Crippen LogP contribution in [0.1, 0.15) is 120 Å². The Morgan fingerprint density at radius 2 is 1.14 bits per heavy atom. The molecule has 0 bridgehead atoms. The van der Waals surface area contributed by atoms with E-state index in [9.17, 15) is 23.5 Å². The third-order valence-corrected chi connectivity index (χ3v) is 11.5. The molecule has 2 aromatic heterocycles.